The van der Waals surface area contributed by atoms with Gasteiger partial charge in [0, 0.05) is 9.35 Å². The Kier molecular flexibility index (Phi) is 4.82. The first-order valence-corrected chi connectivity index (χ1v) is 8.25. The molecule has 2 aromatic rings. The summed E-state index contributed by atoms with van der Waals surface area (Å²) in [4.78, 5) is 1.42. The zero-order valence-corrected chi connectivity index (χ0v) is 14.3. The normalized spacial score (nSPS) is 12.7. The number of halogens is 1. The molecule has 1 aromatic heterocycles. The second-order valence-electron chi connectivity index (χ2n) is 4.93. The van der Waals surface area contributed by atoms with E-state index in [9.17, 15) is 0 Å². The van der Waals surface area contributed by atoms with E-state index in [1.165, 1.54) is 31.6 Å². The fourth-order valence-electron chi connectivity index (χ4n) is 2.39. The SMILES string of the molecule is CCNC(c1cc(C)c(Br)c(C)c1)c1sccc1C. The van der Waals surface area contributed by atoms with Gasteiger partial charge in [-0.2, -0.15) is 0 Å². The number of aryl methyl sites for hydroxylation is 3. The van der Waals surface area contributed by atoms with Crippen LogP contribution in [0.1, 0.15) is 40.1 Å². The summed E-state index contributed by atoms with van der Waals surface area (Å²) in [5, 5.41) is 5.79. The van der Waals surface area contributed by atoms with Gasteiger partial charge in [-0.25, -0.2) is 0 Å². The molecular weight excluding hydrogens is 318 g/mol. The Morgan fingerprint density at radius 1 is 1.16 bits per heavy atom. The van der Waals surface area contributed by atoms with Crippen molar-refractivity contribution in [2.75, 3.05) is 6.54 Å². The van der Waals surface area contributed by atoms with Crippen molar-refractivity contribution in [1.82, 2.24) is 5.32 Å². The molecular formula is C16H20BrNS. The fourth-order valence-corrected chi connectivity index (χ4v) is 3.65. The monoisotopic (exact) mass is 337 g/mol. The van der Waals surface area contributed by atoms with Crippen LogP contribution in [0.25, 0.3) is 0 Å². The minimum absolute atomic E-state index is 0.301. The molecule has 0 saturated carbocycles. The highest BCUT2D eigenvalue weighted by molar-refractivity contribution is 9.10. The summed E-state index contributed by atoms with van der Waals surface area (Å²) in [6.45, 7) is 9.63. The van der Waals surface area contributed by atoms with Crippen molar-refractivity contribution >= 4 is 27.3 Å². The Hall–Kier alpha value is -0.640. The Morgan fingerprint density at radius 3 is 2.26 bits per heavy atom. The molecule has 0 spiro atoms. The van der Waals surface area contributed by atoms with Crippen molar-refractivity contribution < 1.29 is 0 Å². The molecule has 0 aliphatic carbocycles. The molecule has 0 bridgehead atoms. The molecule has 102 valence electrons. The molecule has 0 aliphatic rings. The average molecular weight is 338 g/mol. The van der Waals surface area contributed by atoms with E-state index in [0.717, 1.165) is 6.54 Å². The van der Waals surface area contributed by atoms with Crippen LogP contribution in [0.2, 0.25) is 0 Å². The molecule has 1 atom stereocenters. The Labute approximate surface area is 128 Å². The molecule has 3 heteroatoms. The van der Waals surface area contributed by atoms with Crippen molar-refractivity contribution in [2.24, 2.45) is 0 Å². The van der Waals surface area contributed by atoms with Gasteiger partial charge in [-0.05, 0) is 61.0 Å². The molecule has 0 amide bonds. The lowest BCUT2D eigenvalue weighted by molar-refractivity contribution is 0.636. The molecule has 19 heavy (non-hydrogen) atoms. The zero-order chi connectivity index (χ0) is 14.0. The maximum absolute atomic E-state index is 3.65. The molecule has 1 N–H and O–H groups in total. The van der Waals surface area contributed by atoms with Crippen LogP contribution in [0, 0.1) is 20.8 Å². The summed E-state index contributed by atoms with van der Waals surface area (Å²) < 4.78 is 1.22. The van der Waals surface area contributed by atoms with E-state index in [2.05, 4.69) is 72.5 Å². The number of nitrogens with one attached hydrogen (secondary N) is 1. The Morgan fingerprint density at radius 2 is 1.79 bits per heavy atom. The van der Waals surface area contributed by atoms with Gasteiger partial charge in [0.2, 0.25) is 0 Å². The third-order valence-corrected chi connectivity index (χ3v) is 5.70. The van der Waals surface area contributed by atoms with Crippen LogP contribution >= 0.6 is 27.3 Å². The van der Waals surface area contributed by atoms with Crippen molar-refractivity contribution in [1.29, 1.82) is 0 Å². The summed E-state index contributed by atoms with van der Waals surface area (Å²) in [5.74, 6) is 0. The Bertz CT molecular complexity index is 551. The molecule has 2 rings (SSSR count). The smallest absolute Gasteiger partial charge is 0.0673 e. The van der Waals surface area contributed by atoms with Gasteiger partial charge < -0.3 is 5.32 Å². The Balaban J connectivity index is 2.48. The maximum Gasteiger partial charge on any atom is 0.0673 e. The molecule has 1 aromatic carbocycles. The van der Waals surface area contributed by atoms with Gasteiger partial charge in [0.1, 0.15) is 0 Å². The number of rotatable bonds is 4. The lowest BCUT2D eigenvalue weighted by atomic mass is 9.98. The van der Waals surface area contributed by atoms with Crippen LogP contribution in [0.5, 0.6) is 0 Å². The zero-order valence-electron chi connectivity index (χ0n) is 11.9. The lowest BCUT2D eigenvalue weighted by Gasteiger charge is -2.20. The molecule has 1 nitrogen and oxygen atoms in total. The van der Waals surface area contributed by atoms with E-state index in [4.69, 9.17) is 0 Å². The van der Waals surface area contributed by atoms with Gasteiger partial charge in [0.25, 0.3) is 0 Å². The van der Waals surface area contributed by atoms with Crippen LogP contribution in [0.3, 0.4) is 0 Å². The highest BCUT2D eigenvalue weighted by Crippen LogP contribution is 2.32. The van der Waals surface area contributed by atoms with E-state index in [0.29, 0.717) is 6.04 Å². The van der Waals surface area contributed by atoms with Gasteiger partial charge in [0.15, 0.2) is 0 Å². The summed E-state index contributed by atoms with van der Waals surface area (Å²) in [5.41, 5.74) is 5.32. The summed E-state index contributed by atoms with van der Waals surface area (Å²) in [6.07, 6.45) is 0. The highest BCUT2D eigenvalue weighted by Gasteiger charge is 2.17. The molecule has 0 saturated heterocycles. The molecule has 1 heterocycles. The number of hydrogen-bond acceptors (Lipinski definition) is 2. The van der Waals surface area contributed by atoms with Crippen LogP contribution in [-0.2, 0) is 0 Å². The molecule has 0 radical (unpaired) electrons. The minimum Gasteiger partial charge on any atom is -0.306 e. The van der Waals surface area contributed by atoms with Crippen LogP contribution in [0.4, 0.5) is 0 Å². The van der Waals surface area contributed by atoms with Crippen molar-refractivity contribution in [2.45, 2.75) is 33.7 Å². The van der Waals surface area contributed by atoms with Gasteiger partial charge in [-0.3, -0.25) is 0 Å². The predicted molar refractivity (Wildman–Crippen MR) is 88.2 cm³/mol. The first kappa shape index (κ1) is 14.8. The first-order chi connectivity index (χ1) is 9.04. The van der Waals surface area contributed by atoms with Crippen molar-refractivity contribution in [3.05, 3.63) is 55.2 Å². The summed E-state index contributed by atoms with van der Waals surface area (Å²) >= 11 is 5.48. The van der Waals surface area contributed by atoms with Gasteiger partial charge in [-0.15, -0.1) is 11.3 Å². The van der Waals surface area contributed by atoms with Gasteiger partial charge in [-0.1, -0.05) is 35.0 Å². The first-order valence-electron chi connectivity index (χ1n) is 6.58. The predicted octanol–water partition coefficient (Wildman–Crippen LogP) is 5.13. The van der Waals surface area contributed by atoms with Crippen molar-refractivity contribution in [3.8, 4) is 0 Å². The second-order valence-corrected chi connectivity index (χ2v) is 6.67. The van der Waals surface area contributed by atoms with Crippen LogP contribution in [-0.4, -0.2) is 6.54 Å². The molecule has 0 fully saturated rings. The topological polar surface area (TPSA) is 12.0 Å². The second kappa shape index (κ2) is 6.21. The largest absolute Gasteiger partial charge is 0.306 e. The van der Waals surface area contributed by atoms with Crippen LogP contribution in [0.15, 0.2) is 28.1 Å². The maximum atomic E-state index is 3.65. The van der Waals surface area contributed by atoms with Gasteiger partial charge in [0.05, 0.1) is 6.04 Å². The standard InChI is InChI=1S/C16H20BrNS/c1-5-18-15(16-10(2)6-7-19-16)13-8-11(3)14(17)12(4)9-13/h6-9,15,18H,5H2,1-4H3. The summed E-state index contributed by atoms with van der Waals surface area (Å²) in [6, 6.07) is 7.06. The van der Waals surface area contributed by atoms with Crippen molar-refractivity contribution in [3.63, 3.8) is 0 Å². The van der Waals surface area contributed by atoms with E-state index in [1.807, 2.05) is 11.3 Å². The van der Waals surface area contributed by atoms with E-state index >= 15 is 0 Å². The third kappa shape index (κ3) is 3.10. The quantitative estimate of drug-likeness (QED) is 0.814. The number of thiophene rings is 1. The lowest BCUT2D eigenvalue weighted by Crippen LogP contribution is -2.22. The van der Waals surface area contributed by atoms with Crippen LogP contribution < -0.4 is 5.32 Å². The average Bonchev–Trinajstić information content (AvgIpc) is 2.78. The number of benzene rings is 1. The molecule has 0 aliphatic heterocycles. The highest BCUT2D eigenvalue weighted by atomic mass is 79.9. The van der Waals surface area contributed by atoms with Gasteiger partial charge >= 0.3 is 0 Å². The van der Waals surface area contributed by atoms with E-state index in [1.54, 1.807) is 0 Å². The fraction of sp³-hybridized carbons (Fsp3) is 0.375. The third-order valence-electron chi connectivity index (χ3n) is 3.36. The molecule has 1 unspecified atom stereocenters. The summed E-state index contributed by atoms with van der Waals surface area (Å²) in [7, 11) is 0. The van der Waals surface area contributed by atoms with E-state index < -0.39 is 0 Å². The van der Waals surface area contributed by atoms with E-state index in [-0.39, 0.29) is 0 Å². The number of hydrogen-bond donors (Lipinski definition) is 1. The minimum atomic E-state index is 0.301.